The maximum Gasteiger partial charge on any atom is 0.265 e. The number of nitrogens with one attached hydrogen (secondary N) is 2. The van der Waals surface area contributed by atoms with Crippen molar-refractivity contribution in [3.05, 3.63) is 70.4 Å². The summed E-state index contributed by atoms with van der Waals surface area (Å²) in [6.45, 7) is 2.04. The van der Waals surface area contributed by atoms with Crippen molar-refractivity contribution in [3.63, 3.8) is 0 Å². The van der Waals surface area contributed by atoms with E-state index in [9.17, 15) is 9.59 Å². The second kappa shape index (κ2) is 9.82. The van der Waals surface area contributed by atoms with E-state index in [1.807, 2.05) is 24.3 Å². The topological polar surface area (TPSA) is 89.5 Å². The van der Waals surface area contributed by atoms with Gasteiger partial charge in [0.2, 0.25) is 0 Å². The van der Waals surface area contributed by atoms with Crippen molar-refractivity contribution >= 4 is 28.2 Å². The fourth-order valence-electron chi connectivity index (χ4n) is 3.68. The number of thiophene rings is 1. The lowest BCUT2D eigenvalue weighted by molar-refractivity contribution is -0.122. The Kier molecular flexibility index (Phi) is 6.70. The van der Waals surface area contributed by atoms with Gasteiger partial charge in [0, 0.05) is 23.8 Å². The third-order valence-electron chi connectivity index (χ3n) is 5.30. The van der Waals surface area contributed by atoms with Gasteiger partial charge < -0.3 is 20.1 Å². The van der Waals surface area contributed by atoms with Crippen LogP contribution in [0.1, 0.15) is 39.7 Å². The Hall–Kier alpha value is -3.39. The fraction of sp³-hybridized carbons (Fsp3) is 0.292. The molecule has 1 atom stereocenters. The molecule has 166 valence electrons. The number of hydrogen-bond acceptors (Lipinski definition) is 6. The van der Waals surface area contributed by atoms with E-state index < -0.39 is 6.10 Å². The molecule has 1 aliphatic rings. The van der Waals surface area contributed by atoms with E-state index in [2.05, 4.69) is 15.6 Å². The predicted octanol–water partition coefficient (Wildman–Crippen LogP) is 3.98. The molecule has 0 bridgehead atoms. The van der Waals surface area contributed by atoms with E-state index >= 15 is 0 Å². The normalized spacial score (nSPS) is 13.2. The molecule has 32 heavy (non-hydrogen) atoms. The van der Waals surface area contributed by atoms with Crippen LogP contribution in [0, 0.1) is 0 Å². The molecule has 0 saturated heterocycles. The highest BCUT2D eigenvalue weighted by atomic mass is 32.1. The van der Waals surface area contributed by atoms with Crippen LogP contribution >= 0.6 is 11.3 Å². The molecule has 0 fully saturated rings. The highest BCUT2D eigenvalue weighted by Gasteiger charge is 2.28. The third-order valence-corrected chi connectivity index (χ3v) is 6.51. The van der Waals surface area contributed by atoms with Gasteiger partial charge in [-0.25, -0.2) is 0 Å². The summed E-state index contributed by atoms with van der Waals surface area (Å²) in [4.78, 5) is 31.2. The van der Waals surface area contributed by atoms with Crippen molar-refractivity contribution in [1.82, 2.24) is 10.3 Å². The van der Waals surface area contributed by atoms with Crippen LogP contribution in [-0.4, -0.2) is 30.0 Å². The Balaban J connectivity index is 1.48. The minimum absolute atomic E-state index is 0.193. The predicted molar refractivity (Wildman–Crippen MR) is 123 cm³/mol. The number of aryl methyl sites for hydroxylation is 1. The summed E-state index contributed by atoms with van der Waals surface area (Å²) in [5.41, 5.74) is 2.51. The number of nitrogens with zero attached hydrogens (tertiary/aromatic N) is 1. The molecular formula is C24H25N3O4S. The highest BCUT2D eigenvalue weighted by Crippen LogP contribution is 2.39. The van der Waals surface area contributed by atoms with Gasteiger partial charge >= 0.3 is 0 Å². The summed E-state index contributed by atoms with van der Waals surface area (Å²) in [5, 5.41) is 6.44. The lowest BCUT2D eigenvalue weighted by atomic mass is 10.1. The molecule has 1 aliphatic carbocycles. The number of amides is 2. The van der Waals surface area contributed by atoms with Gasteiger partial charge in [0.1, 0.15) is 5.00 Å². The standard InChI is InChI=1S/C24H25N3O4S/c1-15(31-19-10-4-3-9-18(19)30-2)22(28)27-24-21(17-8-5-11-20(17)32-24)23(29)26-14-16-7-6-12-25-13-16/h3-4,6-7,9-10,12-13,15H,5,8,11,14H2,1-2H3,(H,26,29)(H,27,28). The Morgan fingerprint density at radius 3 is 2.72 bits per heavy atom. The summed E-state index contributed by atoms with van der Waals surface area (Å²) < 4.78 is 11.1. The summed E-state index contributed by atoms with van der Waals surface area (Å²) >= 11 is 1.47. The average Bonchev–Trinajstić information content (AvgIpc) is 3.39. The molecule has 8 heteroatoms. The van der Waals surface area contributed by atoms with Crippen LogP contribution in [0.3, 0.4) is 0 Å². The van der Waals surface area contributed by atoms with Crippen molar-refractivity contribution in [2.75, 3.05) is 12.4 Å². The molecule has 0 aliphatic heterocycles. The zero-order valence-electron chi connectivity index (χ0n) is 18.0. The summed E-state index contributed by atoms with van der Waals surface area (Å²) in [6, 6.07) is 10.9. The van der Waals surface area contributed by atoms with Crippen molar-refractivity contribution in [2.24, 2.45) is 0 Å². The quantitative estimate of drug-likeness (QED) is 0.541. The van der Waals surface area contributed by atoms with Crippen LogP contribution in [0.15, 0.2) is 48.8 Å². The monoisotopic (exact) mass is 451 g/mol. The first-order valence-electron chi connectivity index (χ1n) is 10.5. The number of ether oxygens (including phenoxy) is 2. The molecule has 3 aromatic rings. The largest absolute Gasteiger partial charge is 0.493 e. The van der Waals surface area contributed by atoms with Crippen LogP contribution in [0.25, 0.3) is 0 Å². The van der Waals surface area contributed by atoms with Crippen molar-refractivity contribution in [1.29, 1.82) is 0 Å². The first-order valence-corrected chi connectivity index (χ1v) is 11.3. The Bertz CT molecular complexity index is 1110. The van der Waals surface area contributed by atoms with Gasteiger partial charge in [0.05, 0.1) is 12.7 Å². The van der Waals surface area contributed by atoms with E-state index in [0.717, 1.165) is 35.3 Å². The van der Waals surface area contributed by atoms with E-state index in [0.29, 0.717) is 28.6 Å². The van der Waals surface area contributed by atoms with Gasteiger partial charge in [-0.05, 0) is 55.5 Å². The van der Waals surface area contributed by atoms with Crippen LogP contribution in [-0.2, 0) is 24.2 Å². The maximum atomic E-state index is 13.1. The van der Waals surface area contributed by atoms with Crippen LogP contribution in [0.5, 0.6) is 11.5 Å². The smallest absolute Gasteiger partial charge is 0.265 e. The number of para-hydroxylation sites is 2. The summed E-state index contributed by atoms with van der Waals surface area (Å²) in [6.07, 6.45) is 5.42. The Morgan fingerprint density at radius 1 is 1.16 bits per heavy atom. The number of carbonyl (C=O) groups excluding carboxylic acids is 2. The molecule has 0 radical (unpaired) electrons. The van der Waals surface area contributed by atoms with Crippen LogP contribution < -0.4 is 20.1 Å². The first kappa shape index (κ1) is 21.8. The summed E-state index contributed by atoms with van der Waals surface area (Å²) in [5.74, 6) is 0.525. The van der Waals surface area contributed by atoms with Gasteiger partial charge in [-0.3, -0.25) is 14.6 Å². The van der Waals surface area contributed by atoms with E-state index in [-0.39, 0.29) is 11.8 Å². The molecule has 2 amide bonds. The molecule has 4 rings (SSSR count). The van der Waals surface area contributed by atoms with E-state index in [4.69, 9.17) is 9.47 Å². The first-order chi connectivity index (χ1) is 15.6. The Labute approximate surface area is 190 Å². The van der Waals surface area contributed by atoms with Gasteiger partial charge in [-0.2, -0.15) is 0 Å². The van der Waals surface area contributed by atoms with Crippen molar-refractivity contribution in [3.8, 4) is 11.5 Å². The molecule has 2 heterocycles. The number of hydrogen-bond donors (Lipinski definition) is 2. The molecule has 7 nitrogen and oxygen atoms in total. The number of methoxy groups -OCH3 is 1. The Morgan fingerprint density at radius 2 is 1.97 bits per heavy atom. The SMILES string of the molecule is COc1ccccc1OC(C)C(=O)Nc1sc2c(c1C(=O)NCc1cccnc1)CCC2. The molecule has 0 spiro atoms. The second-order valence-electron chi connectivity index (χ2n) is 7.51. The minimum atomic E-state index is -0.769. The number of rotatable bonds is 8. The number of carbonyl (C=O) groups is 2. The number of benzene rings is 1. The molecule has 0 saturated carbocycles. The van der Waals surface area contributed by atoms with Crippen LogP contribution in [0.4, 0.5) is 5.00 Å². The number of aromatic nitrogens is 1. The van der Waals surface area contributed by atoms with Gasteiger partial charge in [0.15, 0.2) is 17.6 Å². The highest BCUT2D eigenvalue weighted by molar-refractivity contribution is 7.17. The summed E-state index contributed by atoms with van der Waals surface area (Å²) in [7, 11) is 1.55. The van der Waals surface area contributed by atoms with Gasteiger partial charge in [0.25, 0.3) is 11.8 Å². The molecule has 2 N–H and O–H groups in total. The second-order valence-corrected chi connectivity index (χ2v) is 8.61. The number of anilines is 1. The fourth-order valence-corrected chi connectivity index (χ4v) is 4.97. The van der Waals surface area contributed by atoms with E-state index in [1.54, 1.807) is 38.6 Å². The van der Waals surface area contributed by atoms with Crippen molar-refractivity contribution < 1.29 is 19.1 Å². The number of pyridine rings is 1. The lowest BCUT2D eigenvalue weighted by Gasteiger charge is -2.17. The van der Waals surface area contributed by atoms with Gasteiger partial charge in [-0.15, -0.1) is 11.3 Å². The lowest BCUT2D eigenvalue weighted by Crippen LogP contribution is -2.31. The molecular weight excluding hydrogens is 426 g/mol. The number of fused-ring (bicyclic) bond motifs is 1. The zero-order chi connectivity index (χ0) is 22.5. The molecule has 1 aromatic carbocycles. The zero-order valence-corrected chi connectivity index (χ0v) is 18.8. The molecule has 2 aromatic heterocycles. The maximum absolute atomic E-state index is 13.1. The van der Waals surface area contributed by atoms with Crippen LogP contribution in [0.2, 0.25) is 0 Å². The van der Waals surface area contributed by atoms with Gasteiger partial charge in [-0.1, -0.05) is 18.2 Å². The average molecular weight is 452 g/mol. The minimum Gasteiger partial charge on any atom is -0.493 e. The molecule has 1 unspecified atom stereocenters. The van der Waals surface area contributed by atoms with E-state index in [1.165, 1.54) is 11.3 Å². The van der Waals surface area contributed by atoms with Crippen molar-refractivity contribution in [2.45, 2.75) is 38.8 Å². The third kappa shape index (κ3) is 4.75.